The zero-order valence-electron chi connectivity index (χ0n) is 9.13. The molecule has 0 radical (unpaired) electrons. The van der Waals surface area contributed by atoms with E-state index >= 15 is 0 Å². The predicted octanol–water partition coefficient (Wildman–Crippen LogP) is 1.91. The molecule has 2 atom stereocenters. The van der Waals surface area contributed by atoms with Gasteiger partial charge in [-0.05, 0) is 12.8 Å². The van der Waals surface area contributed by atoms with Crippen molar-refractivity contribution in [3.63, 3.8) is 0 Å². The SMILES string of the molecule is CCCCC(=O)NC1=CC[C@H](N)C(Cl)C1. The van der Waals surface area contributed by atoms with E-state index in [4.69, 9.17) is 17.3 Å². The molecule has 0 saturated heterocycles. The Morgan fingerprint density at radius 2 is 2.47 bits per heavy atom. The zero-order chi connectivity index (χ0) is 11.3. The maximum atomic E-state index is 11.4. The summed E-state index contributed by atoms with van der Waals surface area (Å²) in [5.41, 5.74) is 6.69. The standard InChI is InChI=1S/C11H19ClN2O/c1-2-3-4-11(15)14-8-5-6-10(13)9(12)7-8/h5,9-10H,2-4,6-7,13H2,1H3,(H,14,15)/t9?,10-/m0/s1. The number of hydrogen-bond donors (Lipinski definition) is 2. The molecule has 86 valence electrons. The van der Waals surface area contributed by atoms with Crippen molar-refractivity contribution < 1.29 is 4.79 Å². The van der Waals surface area contributed by atoms with E-state index in [2.05, 4.69) is 12.2 Å². The van der Waals surface area contributed by atoms with Crippen LogP contribution in [0.2, 0.25) is 0 Å². The average molecular weight is 231 g/mol. The molecule has 1 amide bonds. The molecule has 0 heterocycles. The van der Waals surface area contributed by atoms with E-state index < -0.39 is 0 Å². The topological polar surface area (TPSA) is 55.1 Å². The van der Waals surface area contributed by atoms with Gasteiger partial charge in [-0.1, -0.05) is 19.4 Å². The number of carbonyl (C=O) groups is 1. The normalized spacial score (nSPS) is 25.9. The first kappa shape index (κ1) is 12.5. The van der Waals surface area contributed by atoms with Gasteiger partial charge < -0.3 is 11.1 Å². The van der Waals surface area contributed by atoms with Crippen LogP contribution in [0.15, 0.2) is 11.8 Å². The van der Waals surface area contributed by atoms with E-state index in [1.807, 2.05) is 6.08 Å². The Balaban J connectivity index is 2.36. The molecule has 15 heavy (non-hydrogen) atoms. The highest BCUT2D eigenvalue weighted by atomic mass is 35.5. The summed E-state index contributed by atoms with van der Waals surface area (Å²) in [5, 5.41) is 2.83. The van der Waals surface area contributed by atoms with E-state index in [9.17, 15) is 4.79 Å². The van der Waals surface area contributed by atoms with Crippen molar-refractivity contribution >= 4 is 17.5 Å². The highest BCUT2D eigenvalue weighted by Crippen LogP contribution is 2.20. The predicted molar refractivity (Wildman–Crippen MR) is 62.6 cm³/mol. The van der Waals surface area contributed by atoms with Gasteiger partial charge in [0.2, 0.25) is 5.91 Å². The second-order valence-electron chi connectivity index (χ2n) is 4.00. The Labute approximate surface area is 96.0 Å². The number of alkyl halides is 1. The summed E-state index contributed by atoms with van der Waals surface area (Å²) in [6, 6.07) is 0.0166. The lowest BCUT2D eigenvalue weighted by atomic mass is 9.99. The molecule has 1 aliphatic rings. The second-order valence-corrected chi connectivity index (χ2v) is 4.56. The quantitative estimate of drug-likeness (QED) is 0.725. The van der Waals surface area contributed by atoms with Crippen molar-refractivity contribution in [3.05, 3.63) is 11.8 Å². The maximum Gasteiger partial charge on any atom is 0.224 e. The molecular weight excluding hydrogens is 212 g/mol. The first-order chi connectivity index (χ1) is 7.13. The third kappa shape index (κ3) is 4.22. The van der Waals surface area contributed by atoms with Crippen molar-refractivity contribution in [1.29, 1.82) is 0 Å². The van der Waals surface area contributed by atoms with Gasteiger partial charge in [-0.15, -0.1) is 11.6 Å². The first-order valence-corrected chi connectivity index (χ1v) is 5.95. The van der Waals surface area contributed by atoms with Gasteiger partial charge in [0.1, 0.15) is 0 Å². The number of allylic oxidation sites excluding steroid dienone is 1. The molecule has 0 aromatic carbocycles. The van der Waals surface area contributed by atoms with E-state index in [1.54, 1.807) is 0 Å². The van der Waals surface area contributed by atoms with E-state index in [0.29, 0.717) is 12.8 Å². The molecule has 0 saturated carbocycles. The van der Waals surface area contributed by atoms with Crippen molar-refractivity contribution in [2.75, 3.05) is 0 Å². The monoisotopic (exact) mass is 230 g/mol. The van der Waals surface area contributed by atoms with Crippen molar-refractivity contribution in [1.82, 2.24) is 5.32 Å². The van der Waals surface area contributed by atoms with Gasteiger partial charge in [-0.3, -0.25) is 4.79 Å². The number of nitrogens with one attached hydrogen (secondary N) is 1. The van der Waals surface area contributed by atoms with E-state index in [1.165, 1.54) is 0 Å². The van der Waals surface area contributed by atoms with Crippen molar-refractivity contribution in [3.8, 4) is 0 Å². The fourth-order valence-corrected chi connectivity index (χ4v) is 1.82. The minimum atomic E-state index is -0.0588. The van der Waals surface area contributed by atoms with Gasteiger partial charge in [0.15, 0.2) is 0 Å². The number of hydrogen-bond acceptors (Lipinski definition) is 2. The minimum Gasteiger partial charge on any atom is -0.330 e. The Bertz CT molecular complexity index is 253. The molecule has 0 aliphatic heterocycles. The van der Waals surface area contributed by atoms with Gasteiger partial charge in [-0.25, -0.2) is 0 Å². The number of nitrogens with two attached hydrogens (primary N) is 1. The summed E-state index contributed by atoms with van der Waals surface area (Å²) in [5.74, 6) is 0.0856. The Morgan fingerprint density at radius 1 is 1.73 bits per heavy atom. The number of rotatable bonds is 4. The molecule has 0 aromatic heterocycles. The number of unbranched alkanes of at least 4 members (excludes halogenated alkanes) is 1. The summed E-state index contributed by atoms with van der Waals surface area (Å²) >= 11 is 6.03. The van der Waals surface area contributed by atoms with E-state index in [-0.39, 0.29) is 17.3 Å². The number of halogens is 1. The van der Waals surface area contributed by atoms with Crippen LogP contribution < -0.4 is 11.1 Å². The van der Waals surface area contributed by atoms with Crippen molar-refractivity contribution in [2.24, 2.45) is 5.73 Å². The molecule has 0 aromatic rings. The van der Waals surface area contributed by atoms with Gasteiger partial charge in [0.05, 0.1) is 5.38 Å². The third-order valence-corrected chi connectivity index (χ3v) is 3.05. The first-order valence-electron chi connectivity index (χ1n) is 5.52. The van der Waals surface area contributed by atoms with Crippen LogP contribution in [0.3, 0.4) is 0 Å². The van der Waals surface area contributed by atoms with Gasteiger partial charge in [0.25, 0.3) is 0 Å². The summed E-state index contributed by atoms with van der Waals surface area (Å²) in [6.45, 7) is 2.07. The molecule has 0 spiro atoms. The Morgan fingerprint density at radius 3 is 3.07 bits per heavy atom. The van der Waals surface area contributed by atoms with Crippen LogP contribution in [0.1, 0.15) is 39.0 Å². The van der Waals surface area contributed by atoms with Crippen LogP contribution in [0.4, 0.5) is 0 Å². The number of carbonyl (C=O) groups excluding carboxylic acids is 1. The van der Waals surface area contributed by atoms with Crippen molar-refractivity contribution in [2.45, 2.75) is 50.4 Å². The molecule has 1 unspecified atom stereocenters. The zero-order valence-corrected chi connectivity index (χ0v) is 9.89. The lowest BCUT2D eigenvalue weighted by Gasteiger charge is -2.24. The summed E-state index contributed by atoms with van der Waals surface area (Å²) in [6.07, 6.45) is 5.96. The van der Waals surface area contributed by atoms with Crippen LogP contribution >= 0.6 is 11.6 Å². The van der Waals surface area contributed by atoms with Gasteiger partial charge in [-0.2, -0.15) is 0 Å². The van der Waals surface area contributed by atoms with Crippen LogP contribution in [-0.4, -0.2) is 17.3 Å². The fraction of sp³-hybridized carbons (Fsp3) is 0.727. The highest BCUT2D eigenvalue weighted by Gasteiger charge is 2.21. The molecule has 0 bridgehead atoms. The van der Waals surface area contributed by atoms with Crippen LogP contribution in [0, 0.1) is 0 Å². The minimum absolute atomic E-state index is 0.0166. The summed E-state index contributed by atoms with van der Waals surface area (Å²) < 4.78 is 0. The smallest absolute Gasteiger partial charge is 0.224 e. The Hall–Kier alpha value is -0.540. The molecule has 4 heteroatoms. The fourth-order valence-electron chi connectivity index (χ4n) is 1.55. The lowest BCUT2D eigenvalue weighted by Crippen LogP contribution is -2.36. The van der Waals surface area contributed by atoms with Crippen LogP contribution in [0.25, 0.3) is 0 Å². The Kier molecular flexibility index (Phi) is 5.12. The second kappa shape index (κ2) is 6.13. The maximum absolute atomic E-state index is 11.4. The number of amides is 1. The van der Waals surface area contributed by atoms with E-state index in [0.717, 1.165) is 25.0 Å². The lowest BCUT2D eigenvalue weighted by molar-refractivity contribution is -0.120. The van der Waals surface area contributed by atoms with Gasteiger partial charge in [0, 0.05) is 24.6 Å². The summed E-state index contributed by atoms with van der Waals surface area (Å²) in [4.78, 5) is 11.4. The molecule has 0 fully saturated rings. The largest absolute Gasteiger partial charge is 0.330 e. The molecule has 3 N–H and O–H groups in total. The molecular formula is C11H19ClN2O. The molecule has 3 nitrogen and oxygen atoms in total. The average Bonchev–Trinajstić information content (AvgIpc) is 2.20. The highest BCUT2D eigenvalue weighted by molar-refractivity contribution is 6.21. The molecule has 1 aliphatic carbocycles. The summed E-state index contributed by atoms with van der Waals surface area (Å²) in [7, 11) is 0. The molecule has 1 rings (SSSR count). The van der Waals surface area contributed by atoms with Crippen LogP contribution in [0.5, 0.6) is 0 Å². The van der Waals surface area contributed by atoms with Gasteiger partial charge >= 0.3 is 0 Å². The van der Waals surface area contributed by atoms with Crippen LogP contribution in [-0.2, 0) is 4.79 Å². The third-order valence-electron chi connectivity index (χ3n) is 2.57.